The fourth-order valence-electron chi connectivity index (χ4n) is 3.72. The molecule has 33 heavy (non-hydrogen) atoms. The molecule has 1 amide bonds. The van der Waals surface area contributed by atoms with Gasteiger partial charge in [0, 0.05) is 43.8 Å². The highest BCUT2D eigenvalue weighted by molar-refractivity contribution is 5.87. The summed E-state index contributed by atoms with van der Waals surface area (Å²) in [6.07, 6.45) is 2.70. The van der Waals surface area contributed by atoms with Crippen LogP contribution in [0.15, 0.2) is 60.8 Å². The van der Waals surface area contributed by atoms with Crippen LogP contribution in [0.1, 0.15) is 27.3 Å². The highest BCUT2D eigenvalue weighted by atomic mass is 16.6. The Bertz CT molecular complexity index is 1110. The number of carboxylic acids is 1. The van der Waals surface area contributed by atoms with Crippen LogP contribution >= 0.6 is 0 Å². The average molecular weight is 447 g/mol. The summed E-state index contributed by atoms with van der Waals surface area (Å²) in [5, 5.41) is 8.99. The fraction of sp³-hybridized carbons (Fsp3) is 0.280. The molecule has 4 rings (SSSR count). The number of benzene rings is 1. The van der Waals surface area contributed by atoms with Gasteiger partial charge in [-0.2, -0.15) is 0 Å². The normalized spacial score (nSPS) is 13.6. The van der Waals surface area contributed by atoms with Crippen LogP contribution in [0.2, 0.25) is 0 Å². The lowest BCUT2D eigenvalue weighted by molar-refractivity contribution is 0.0696. The lowest BCUT2D eigenvalue weighted by atomic mass is 10.1. The molecular formula is C25H26N4O4. The molecule has 0 bridgehead atoms. The van der Waals surface area contributed by atoms with Gasteiger partial charge >= 0.3 is 12.1 Å². The quantitative estimate of drug-likeness (QED) is 0.618. The van der Waals surface area contributed by atoms with E-state index in [-0.39, 0.29) is 11.7 Å². The highest BCUT2D eigenvalue weighted by Gasteiger charge is 2.23. The van der Waals surface area contributed by atoms with E-state index in [1.54, 1.807) is 11.0 Å². The summed E-state index contributed by atoms with van der Waals surface area (Å²) in [6.45, 7) is 4.19. The number of carbonyl (C=O) groups excluding carboxylic acids is 1. The number of nitrogens with zero attached hydrogens (tertiary/aromatic N) is 4. The smallest absolute Gasteiger partial charge is 0.415 e. The van der Waals surface area contributed by atoms with Crippen molar-refractivity contribution in [3.05, 3.63) is 83.3 Å². The Morgan fingerprint density at radius 1 is 0.970 bits per heavy atom. The van der Waals surface area contributed by atoms with Gasteiger partial charge in [0.1, 0.15) is 11.6 Å². The molecule has 0 radical (unpaired) electrons. The van der Waals surface area contributed by atoms with Gasteiger partial charge in [0.05, 0.1) is 5.56 Å². The topological polar surface area (TPSA) is 95.9 Å². The Morgan fingerprint density at radius 2 is 1.73 bits per heavy atom. The van der Waals surface area contributed by atoms with Crippen LogP contribution in [0.3, 0.4) is 0 Å². The number of carboxylic acid groups (broad SMARTS) is 1. The number of hydrogen-bond acceptors (Lipinski definition) is 6. The third kappa shape index (κ3) is 5.85. The number of anilines is 1. The molecule has 1 aliphatic rings. The molecule has 0 unspecified atom stereocenters. The summed E-state index contributed by atoms with van der Waals surface area (Å²) in [4.78, 5) is 35.9. The lowest BCUT2D eigenvalue weighted by Gasteiger charge is -2.34. The van der Waals surface area contributed by atoms with E-state index in [9.17, 15) is 9.59 Å². The first-order valence-electron chi connectivity index (χ1n) is 10.9. The van der Waals surface area contributed by atoms with Crippen LogP contribution in [0, 0.1) is 6.92 Å². The second kappa shape index (κ2) is 10.1. The summed E-state index contributed by atoms with van der Waals surface area (Å²) in [7, 11) is 0. The molecule has 8 nitrogen and oxygen atoms in total. The number of carbonyl (C=O) groups is 2. The Kier molecular flexibility index (Phi) is 6.83. The molecule has 1 saturated heterocycles. The standard InChI is InChI=1S/C25H26N4O4/c1-18-3-2-4-21(27-18)9-5-19-6-10-22(11-7-19)33-25(32)29-15-13-28(14-16-29)23-12-8-20(17-26-23)24(30)31/h2-4,6-8,10-12,17H,5,9,13-16H2,1H3,(H,30,31). The summed E-state index contributed by atoms with van der Waals surface area (Å²) < 4.78 is 5.55. The molecule has 0 saturated carbocycles. The molecule has 3 aromatic rings. The van der Waals surface area contributed by atoms with Gasteiger partial charge in [0.25, 0.3) is 0 Å². The number of aromatic carboxylic acids is 1. The predicted molar refractivity (Wildman–Crippen MR) is 124 cm³/mol. The first-order valence-corrected chi connectivity index (χ1v) is 10.9. The molecule has 1 aromatic carbocycles. The monoisotopic (exact) mass is 446 g/mol. The molecule has 0 atom stereocenters. The van der Waals surface area contributed by atoms with Crippen LogP contribution in [-0.2, 0) is 12.8 Å². The highest BCUT2D eigenvalue weighted by Crippen LogP contribution is 2.18. The number of rotatable bonds is 6. The van der Waals surface area contributed by atoms with E-state index in [2.05, 4.69) is 9.97 Å². The van der Waals surface area contributed by atoms with Gasteiger partial charge in [-0.05, 0) is 61.7 Å². The van der Waals surface area contributed by atoms with Gasteiger partial charge < -0.3 is 19.6 Å². The van der Waals surface area contributed by atoms with Gasteiger partial charge in [-0.1, -0.05) is 18.2 Å². The maximum absolute atomic E-state index is 12.6. The van der Waals surface area contributed by atoms with Crippen molar-refractivity contribution in [3.63, 3.8) is 0 Å². The van der Waals surface area contributed by atoms with Gasteiger partial charge in [-0.15, -0.1) is 0 Å². The van der Waals surface area contributed by atoms with E-state index in [1.165, 1.54) is 12.3 Å². The van der Waals surface area contributed by atoms with E-state index in [1.807, 2.05) is 54.3 Å². The average Bonchev–Trinajstić information content (AvgIpc) is 2.84. The first kappa shape index (κ1) is 22.3. The van der Waals surface area contributed by atoms with Crippen molar-refractivity contribution in [3.8, 4) is 5.75 Å². The number of aryl methyl sites for hydroxylation is 3. The predicted octanol–water partition coefficient (Wildman–Crippen LogP) is 3.59. The Hall–Kier alpha value is -3.94. The summed E-state index contributed by atoms with van der Waals surface area (Å²) in [6, 6.07) is 16.9. The number of amides is 1. The minimum Gasteiger partial charge on any atom is -0.478 e. The van der Waals surface area contributed by atoms with Crippen molar-refractivity contribution in [1.82, 2.24) is 14.9 Å². The van der Waals surface area contributed by atoms with Crippen LogP contribution < -0.4 is 9.64 Å². The van der Waals surface area contributed by atoms with Gasteiger partial charge in [0.15, 0.2) is 0 Å². The Morgan fingerprint density at radius 3 is 2.36 bits per heavy atom. The summed E-state index contributed by atoms with van der Waals surface area (Å²) >= 11 is 0. The molecule has 3 heterocycles. The largest absolute Gasteiger partial charge is 0.478 e. The molecule has 170 valence electrons. The first-order chi connectivity index (χ1) is 16.0. The second-order valence-corrected chi connectivity index (χ2v) is 7.97. The molecule has 2 aromatic heterocycles. The van der Waals surface area contributed by atoms with Crippen molar-refractivity contribution < 1.29 is 19.4 Å². The van der Waals surface area contributed by atoms with E-state index >= 15 is 0 Å². The van der Waals surface area contributed by atoms with Crippen molar-refractivity contribution >= 4 is 17.9 Å². The molecule has 1 fully saturated rings. The van der Waals surface area contributed by atoms with E-state index < -0.39 is 5.97 Å². The number of piperazine rings is 1. The van der Waals surface area contributed by atoms with Gasteiger partial charge in [0.2, 0.25) is 0 Å². The van der Waals surface area contributed by atoms with Crippen molar-refractivity contribution in [2.24, 2.45) is 0 Å². The molecule has 1 N–H and O–H groups in total. The zero-order chi connectivity index (χ0) is 23.2. The number of pyridine rings is 2. The van der Waals surface area contributed by atoms with E-state index in [4.69, 9.17) is 9.84 Å². The fourth-order valence-corrected chi connectivity index (χ4v) is 3.72. The number of aromatic nitrogens is 2. The lowest BCUT2D eigenvalue weighted by Crippen LogP contribution is -2.49. The summed E-state index contributed by atoms with van der Waals surface area (Å²) in [5.74, 6) is 0.216. The zero-order valence-corrected chi connectivity index (χ0v) is 18.5. The molecule has 8 heteroatoms. The molecule has 0 spiro atoms. The van der Waals surface area contributed by atoms with Crippen LogP contribution in [0.4, 0.5) is 10.6 Å². The number of ether oxygens (including phenoxy) is 1. The van der Waals surface area contributed by atoms with Crippen LogP contribution in [0.5, 0.6) is 5.75 Å². The third-order valence-corrected chi connectivity index (χ3v) is 5.60. The minimum absolute atomic E-state index is 0.152. The Labute approximate surface area is 192 Å². The third-order valence-electron chi connectivity index (χ3n) is 5.60. The Balaban J connectivity index is 1.25. The SMILES string of the molecule is Cc1cccc(CCc2ccc(OC(=O)N3CCN(c4ccc(C(=O)O)cn4)CC3)cc2)n1. The van der Waals surface area contributed by atoms with E-state index in [0.29, 0.717) is 37.7 Å². The molecule has 1 aliphatic heterocycles. The van der Waals surface area contributed by atoms with Crippen molar-refractivity contribution in [2.45, 2.75) is 19.8 Å². The molecule has 0 aliphatic carbocycles. The van der Waals surface area contributed by atoms with E-state index in [0.717, 1.165) is 29.8 Å². The second-order valence-electron chi connectivity index (χ2n) is 7.97. The van der Waals surface area contributed by atoms with Gasteiger partial charge in [-0.25, -0.2) is 14.6 Å². The van der Waals surface area contributed by atoms with Crippen molar-refractivity contribution in [2.75, 3.05) is 31.1 Å². The van der Waals surface area contributed by atoms with Gasteiger partial charge in [-0.3, -0.25) is 4.98 Å². The maximum Gasteiger partial charge on any atom is 0.415 e. The minimum atomic E-state index is -1.00. The van der Waals surface area contributed by atoms with Crippen LogP contribution in [-0.4, -0.2) is 58.2 Å². The maximum atomic E-state index is 12.6. The summed E-state index contributed by atoms with van der Waals surface area (Å²) in [5.41, 5.74) is 3.40. The number of hydrogen-bond donors (Lipinski definition) is 1. The molecular weight excluding hydrogens is 420 g/mol. The zero-order valence-electron chi connectivity index (χ0n) is 18.5. The van der Waals surface area contributed by atoms with Crippen LogP contribution in [0.25, 0.3) is 0 Å². The van der Waals surface area contributed by atoms with Crippen molar-refractivity contribution in [1.29, 1.82) is 0 Å².